The van der Waals surface area contributed by atoms with Gasteiger partial charge in [0.05, 0.1) is 0 Å². The summed E-state index contributed by atoms with van der Waals surface area (Å²) in [5.41, 5.74) is 0. The molecule has 0 bridgehead atoms. The molecule has 0 radical (unpaired) electrons. The van der Waals surface area contributed by atoms with Crippen LogP contribution in [0, 0.1) is 0 Å². The normalized spacial score (nSPS) is 17.9. The van der Waals surface area contributed by atoms with Crippen LogP contribution in [0.25, 0.3) is 0 Å². The van der Waals surface area contributed by atoms with Crippen molar-refractivity contribution in [2.75, 3.05) is 18.0 Å². The Morgan fingerprint density at radius 1 is 1.21 bits per heavy atom. The summed E-state index contributed by atoms with van der Waals surface area (Å²) < 4.78 is 4.74. The number of nitrogens with zero attached hydrogens (tertiary/aromatic N) is 3. The topological polar surface area (TPSA) is 59.2 Å². The van der Waals surface area contributed by atoms with E-state index in [4.69, 9.17) is 4.52 Å². The van der Waals surface area contributed by atoms with E-state index in [-0.39, 0.29) is 5.89 Å². The van der Waals surface area contributed by atoms with E-state index in [1.54, 1.807) is 0 Å². The number of aromatic nitrogens is 2. The Morgan fingerprint density at radius 2 is 1.93 bits per heavy atom. The molecule has 1 aliphatic heterocycles. The molecule has 0 unspecified atom stereocenters. The number of anilines is 1. The highest BCUT2D eigenvalue weighted by Gasteiger charge is 2.15. The number of carbonyl (C=O) groups excluding carboxylic acids is 1. The van der Waals surface area contributed by atoms with Crippen molar-refractivity contribution >= 4 is 12.2 Å². The van der Waals surface area contributed by atoms with Crippen LogP contribution in [0.2, 0.25) is 0 Å². The largest absolute Gasteiger partial charge is 0.338 e. The van der Waals surface area contributed by atoms with E-state index >= 15 is 0 Å². The zero-order valence-corrected chi connectivity index (χ0v) is 7.98. The van der Waals surface area contributed by atoms with E-state index in [1.165, 1.54) is 12.8 Å². The molecule has 0 aromatic carbocycles. The molecular formula is C9H13N3O2. The van der Waals surface area contributed by atoms with E-state index < -0.39 is 0 Å². The molecular weight excluding hydrogens is 182 g/mol. The second-order valence-corrected chi connectivity index (χ2v) is 3.45. The predicted molar refractivity (Wildman–Crippen MR) is 50.4 cm³/mol. The summed E-state index contributed by atoms with van der Waals surface area (Å²) in [6, 6.07) is 0. The van der Waals surface area contributed by atoms with Gasteiger partial charge >= 0.3 is 0 Å². The van der Waals surface area contributed by atoms with Gasteiger partial charge in [0.1, 0.15) is 0 Å². The van der Waals surface area contributed by atoms with Crippen LogP contribution in [0.1, 0.15) is 36.4 Å². The Hall–Kier alpha value is -1.39. The fraction of sp³-hybridized carbons (Fsp3) is 0.667. The van der Waals surface area contributed by atoms with Gasteiger partial charge in [-0.15, -0.1) is 0 Å². The zero-order valence-electron chi connectivity index (χ0n) is 7.98. The van der Waals surface area contributed by atoms with Crippen LogP contribution in [0.15, 0.2) is 4.52 Å². The zero-order chi connectivity index (χ0) is 9.80. The number of hydrogen-bond donors (Lipinski definition) is 0. The van der Waals surface area contributed by atoms with Gasteiger partial charge in [-0.25, -0.2) is 0 Å². The lowest BCUT2D eigenvalue weighted by Crippen LogP contribution is -2.24. The average molecular weight is 195 g/mol. The first-order chi connectivity index (χ1) is 6.90. The Labute approximate surface area is 82.1 Å². The van der Waals surface area contributed by atoms with Crippen molar-refractivity contribution in [3.63, 3.8) is 0 Å². The highest BCUT2D eigenvalue weighted by molar-refractivity contribution is 5.67. The van der Waals surface area contributed by atoms with Crippen LogP contribution in [0.3, 0.4) is 0 Å². The van der Waals surface area contributed by atoms with E-state index in [2.05, 4.69) is 15.0 Å². The van der Waals surface area contributed by atoms with E-state index in [0.29, 0.717) is 12.2 Å². The minimum absolute atomic E-state index is 0.0595. The summed E-state index contributed by atoms with van der Waals surface area (Å²) in [5, 5.41) is 3.76. The second kappa shape index (κ2) is 4.21. The maximum atomic E-state index is 10.4. The van der Waals surface area contributed by atoms with E-state index in [9.17, 15) is 4.79 Å². The first-order valence-electron chi connectivity index (χ1n) is 4.94. The van der Waals surface area contributed by atoms with Crippen molar-refractivity contribution in [3.05, 3.63) is 5.89 Å². The molecule has 1 aromatic rings. The van der Waals surface area contributed by atoms with Crippen LogP contribution in [-0.2, 0) is 0 Å². The number of aldehydes is 1. The lowest BCUT2D eigenvalue weighted by molar-refractivity contribution is 0.108. The van der Waals surface area contributed by atoms with Gasteiger partial charge in [0.2, 0.25) is 6.29 Å². The summed E-state index contributed by atoms with van der Waals surface area (Å²) in [5.74, 6) is 0.609. The first kappa shape index (κ1) is 9.18. The van der Waals surface area contributed by atoms with Crippen LogP contribution in [0.4, 0.5) is 5.95 Å². The van der Waals surface area contributed by atoms with Crippen LogP contribution < -0.4 is 4.90 Å². The maximum absolute atomic E-state index is 10.4. The molecule has 2 rings (SSSR count). The third-order valence-electron chi connectivity index (χ3n) is 2.42. The molecule has 1 aliphatic rings. The van der Waals surface area contributed by atoms with E-state index in [1.807, 2.05) is 0 Å². The minimum atomic E-state index is 0.0595. The van der Waals surface area contributed by atoms with Crippen molar-refractivity contribution in [2.45, 2.75) is 25.7 Å². The molecule has 0 amide bonds. The molecule has 76 valence electrons. The molecule has 0 atom stereocenters. The second-order valence-electron chi connectivity index (χ2n) is 3.45. The minimum Gasteiger partial charge on any atom is -0.338 e. The average Bonchev–Trinajstić information content (AvgIpc) is 2.53. The van der Waals surface area contributed by atoms with Crippen LogP contribution in [-0.4, -0.2) is 29.5 Å². The van der Waals surface area contributed by atoms with Gasteiger partial charge in [0, 0.05) is 13.1 Å². The molecule has 1 saturated heterocycles. The first-order valence-corrected chi connectivity index (χ1v) is 4.94. The van der Waals surface area contributed by atoms with Crippen molar-refractivity contribution in [1.82, 2.24) is 10.1 Å². The molecule has 2 heterocycles. The Bertz CT molecular complexity index is 303. The summed E-state index contributed by atoms with van der Waals surface area (Å²) in [4.78, 5) is 16.4. The van der Waals surface area contributed by atoms with Gasteiger partial charge in [0.15, 0.2) is 0 Å². The number of hydrogen-bond acceptors (Lipinski definition) is 5. The Morgan fingerprint density at radius 3 is 2.50 bits per heavy atom. The highest BCUT2D eigenvalue weighted by atomic mass is 16.5. The molecule has 5 nitrogen and oxygen atoms in total. The van der Waals surface area contributed by atoms with Crippen molar-refractivity contribution in [3.8, 4) is 0 Å². The van der Waals surface area contributed by atoms with Crippen LogP contribution in [0.5, 0.6) is 0 Å². The molecule has 5 heteroatoms. The van der Waals surface area contributed by atoms with E-state index in [0.717, 1.165) is 25.9 Å². The highest BCUT2D eigenvalue weighted by Crippen LogP contribution is 2.15. The molecule has 14 heavy (non-hydrogen) atoms. The SMILES string of the molecule is O=Cc1nc(N2CCCCCC2)no1. The van der Waals surface area contributed by atoms with Crippen molar-refractivity contribution < 1.29 is 9.32 Å². The Kier molecular flexibility index (Phi) is 2.76. The molecule has 0 aliphatic carbocycles. The monoisotopic (exact) mass is 195 g/mol. The molecule has 0 N–H and O–H groups in total. The summed E-state index contributed by atoms with van der Waals surface area (Å²) in [6.07, 6.45) is 5.41. The third kappa shape index (κ3) is 1.92. The fourth-order valence-electron chi connectivity index (χ4n) is 1.67. The lowest BCUT2D eigenvalue weighted by Gasteiger charge is -2.16. The quantitative estimate of drug-likeness (QED) is 0.665. The summed E-state index contributed by atoms with van der Waals surface area (Å²) >= 11 is 0. The number of rotatable bonds is 2. The van der Waals surface area contributed by atoms with Crippen LogP contribution >= 0.6 is 0 Å². The summed E-state index contributed by atoms with van der Waals surface area (Å²) in [7, 11) is 0. The predicted octanol–water partition coefficient (Wildman–Crippen LogP) is 1.26. The van der Waals surface area contributed by atoms with Crippen molar-refractivity contribution in [1.29, 1.82) is 0 Å². The van der Waals surface area contributed by atoms with Gasteiger partial charge in [-0.3, -0.25) is 4.79 Å². The van der Waals surface area contributed by atoms with Gasteiger partial charge < -0.3 is 9.42 Å². The smallest absolute Gasteiger partial charge is 0.292 e. The molecule has 1 fully saturated rings. The lowest BCUT2D eigenvalue weighted by atomic mass is 10.2. The van der Waals surface area contributed by atoms with Gasteiger partial charge in [0.25, 0.3) is 11.8 Å². The molecule has 1 aromatic heterocycles. The Balaban J connectivity index is 2.08. The standard InChI is InChI=1S/C9H13N3O2/c13-7-8-10-9(11-14-8)12-5-3-1-2-4-6-12/h7H,1-6H2. The number of carbonyl (C=O) groups is 1. The van der Waals surface area contributed by atoms with Gasteiger partial charge in [-0.1, -0.05) is 12.8 Å². The van der Waals surface area contributed by atoms with Gasteiger partial charge in [-0.2, -0.15) is 4.98 Å². The fourth-order valence-corrected chi connectivity index (χ4v) is 1.67. The summed E-state index contributed by atoms with van der Waals surface area (Å²) in [6.45, 7) is 1.91. The molecule has 0 spiro atoms. The maximum Gasteiger partial charge on any atom is 0.292 e. The van der Waals surface area contributed by atoms with Crippen molar-refractivity contribution in [2.24, 2.45) is 0 Å². The molecule has 0 saturated carbocycles. The third-order valence-corrected chi connectivity index (χ3v) is 2.42. The van der Waals surface area contributed by atoms with Gasteiger partial charge in [-0.05, 0) is 18.0 Å².